The van der Waals surface area contributed by atoms with E-state index in [-0.39, 0.29) is 40.0 Å². The van der Waals surface area contributed by atoms with E-state index in [1.165, 1.54) is 23.7 Å². The third-order valence-corrected chi connectivity index (χ3v) is 6.17. The molecule has 1 amide bonds. The molecule has 0 saturated carbocycles. The van der Waals surface area contributed by atoms with Crippen molar-refractivity contribution in [3.63, 3.8) is 0 Å². The molecular weight excluding hydrogens is 464 g/mol. The Balaban J connectivity index is 1.71. The predicted octanol–water partition coefficient (Wildman–Crippen LogP) is 3.66. The lowest BCUT2D eigenvalue weighted by Gasteiger charge is -2.34. The minimum Gasteiger partial charge on any atom is -0.383 e. The lowest BCUT2D eigenvalue weighted by atomic mass is 10.1. The van der Waals surface area contributed by atoms with Gasteiger partial charge in [0.05, 0.1) is 21.8 Å². The number of nitrogen functional groups attached to an aromatic ring is 1. The number of halogens is 3. The van der Waals surface area contributed by atoms with Crippen LogP contribution in [0.3, 0.4) is 0 Å². The van der Waals surface area contributed by atoms with E-state index >= 15 is 0 Å². The first kappa shape index (κ1) is 22.0. The van der Waals surface area contributed by atoms with Crippen molar-refractivity contribution in [2.45, 2.75) is 6.92 Å². The molecule has 0 bridgehead atoms. The summed E-state index contributed by atoms with van der Waals surface area (Å²) in [6.07, 6.45) is 0. The highest BCUT2D eigenvalue weighted by atomic mass is 35.5. The Morgan fingerprint density at radius 2 is 1.76 bits per heavy atom. The van der Waals surface area contributed by atoms with E-state index in [9.17, 15) is 13.6 Å². The molecule has 1 saturated heterocycles. The molecule has 1 aliphatic rings. The molecule has 0 atom stereocenters. The van der Waals surface area contributed by atoms with Gasteiger partial charge in [0.2, 0.25) is 11.9 Å². The van der Waals surface area contributed by atoms with Crippen molar-refractivity contribution in [1.29, 1.82) is 0 Å². The molecule has 2 aromatic carbocycles. The number of para-hydroxylation sites is 1. The van der Waals surface area contributed by atoms with Crippen LogP contribution in [0.4, 0.5) is 20.5 Å². The van der Waals surface area contributed by atoms with Gasteiger partial charge in [0.25, 0.3) is 0 Å². The number of hydrogen-bond donors (Lipinski definition) is 1. The number of rotatable bonds is 3. The van der Waals surface area contributed by atoms with Crippen molar-refractivity contribution < 1.29 is 13.6 Å². The number of piperazine rings is 1. The molecule has 0 unspecified atom stereocenters. The smallest absolute Gasteiger partial charge is 0.228 e. The first-order valence-electron chi connectivity index (χ1n) is 10.6. The molecule has 0 radical (unpaired) electrons. The number of carbonyl (C=O) groups is 1. The average molecular weight is 484 g/mol. The Kier molecular flexibility index (Phi) is 5.52. The van der Waals surface area contributed by atoms with Gasteiger partial charge in [-0.25, -0.2) is 18.4 Å². The summed E-state index contributed by atoms with van der Waals surface area (Å²) in [5.41, 5.74) is 7.24. The van der Waals surface area contributed by atoms with Crippen LogP contribution >= 0.6 is 11.6 Å². The summed E-state index contributed by atoms with van der Waals surface area (Å²) < 4.78 is 30.4. The summed E-state index contributed by atoms with van der Waals surface area (Å²) in [6, 6.07) is 10.9. The molecule has 5 rings (SSSR count). The van der Waals surface area contributed by atoms with Crippen LogP contribution in [0.15, 0.2) is 42.5 Å². The van der Waals surface area contributed by atoms with Gasteiger partial charge in [-0.3, -0.25) is 4.79 Å². The van der Waals surface area contributed by atoms with Crippen molar-refractivity contribution in [3.05, 3.63) is 59.1 Å². The molecule has 1 aliphatic heterocycles. The number of benzene rings is 2. The van der Waals surface area contributed by atoms with E-state index in [0.717, 1.165) is 6.07 Å². The highest BCUT2D eigenvalue weighted by Gasteiger charge is 2.26. The fourth-order valence-electron chi connectivity index (χ4n) is 4.05. The van der Waals surface area contributed by atoms with Crippen molar-refractivity contribution in [3.8, 4) is 16.9 Å². The summed E-state index contributed by atoms with van der Waals surface area (Å²) in [7, 11) is 0. The van der Waals surface area contributed by atoms with E-state index in [0.29, 0.717) is 36.9 Å². The number of fused-ring (bicyclic) bond motifs is 1. The summed E-state index contributed by atoms with van der Waals surface area (Å²) in [5.74, 6) is -1.62. The van der Waals surface area contributed by atoms with Crippen LogP contribution in [0.25, 0.3) is 28.0 Å². The summed E-state index contributed by atoms with van der Waals surface area (Å²) in [4.78, 5) is 24.5. The molecule has 8 nitrogen and oxygen atoms in total. The zero-order chi connectivity index (χ0) is 24.0. The second-order valence-electron chi connectivity index (χ2n) is 7.91. The van der Waals surface area contributed by atoms with Gasteiger partial charge in [0, 0.05) is 38.7 Å². The molecule has 34 heavy (non-hydrogen) atoms. The number of anilines is 2. The molecule has 2 N–H and O–H groups in total. The third-order valence-electron chi connectivity index (χ3n) is 5.85. The Morgan fingerprint density at radius 1 is 1.03 bits per heavy atom. The van der Waals surface area contributed by atoms with Gasteiger partial charge in [-0.1, -0.05) is 29.8 Å². The summed E-state index contributed by atoms with van der Waals surface area (Å²) >= 11 is 6.35. The Hall–Kier alpha value is -3.79. The minimum atomic E-state index is -1.04. The molecule has 3 heterocycles. The summed E-state index contributed by atoms with van der Waals surface area (Å²) in [5, 5.41) is 5.23. The Morgan fingerprint density at radius 3 is 2.47 bits per heavy atom. The van der Waals surface area contributed by atoms with E-state index in [2.05, 4.69) is 15.1 Å². The van der Waals surface area contributed by atoms with E-state index in [1.807, 2.05) is 4.90 Å². The van der Waals surface area contributed by atoms with Gasteiger partial charge in [0.1, 0.15) is 5.82 Å². The summed E-state index contributed by atoms with van der Waals surface area (Å²) in [6.45, 7) is 3.48. The number of hydrogen-bond acceptors (Lipinski definition) is 6. The van der Waals surface area contributed by atoms with Crippen LogP contribution in [0, 0.1) is 11.6 Å². The fraction of sp³-hybridized carbons (Fsp3) is 0.217. The number of nitrogens with zero attached hydrogens (tertiary/aromatic N) is 6. The average Bonchev–Trinajstić information content (AvgIpc) is 3.17. The van der Waals surface area contributed by atoms with Gasteiger partial charge in [-0.15, -0.1) is 5.10 Å². The van der Waals surface area contributed by atoms with Crippen LogP contribution in [-0.2, 0) is 4.79 Å². The fourth-order valence-corrected chi connectivity index (χ4v) is 4.27. The van der Waals surface area contributed by atoms with E-state index < -0.39 is 11.6 Å². The van der Waals surface area contributed by atoms with Gasteiger partial charge in [-0.05, 0) is 24.3 Å². The zero-order valence-corrected chi connectivity index (χ0v) is 18.9. The van der Waals surface area contributed by atoms with Gasteiger partial charge in [0.15, 0.2) is 17.3 Å². The van der Waals surface area contributed by atoms with Crippen molar-refractivity contribution in [2.24, 2.45) is 0 Å². The molecule has 1 fully saturated rings. The first-order valence-corrected chi connectivity index (χ1v) is 11.0. The monoisotopic (exact) mass is 483 g/mol. The topological polar surface area (TPSA) is 93.2 Å². The maximum atomic E-state index is 14.9. The molecule has 0 aliphatic carbocycles. The largest absolute Gasteiger partial charge is 0.383 e. The molecule has 2 aromatic heterocycles. The second kappa shape index (κ2) is 8.53. The molecule has 4 aromatic rings. The maximum Gasteiger partial charge on any atom is 0.228 e. The predicted molar refractivity (Wildman–Crippen MR) is 126 cm³/mol. The third kappa shape index (κ3) is 3.69. The molecule has 0 spiro atoms. The van der Waals surface area contributed by atoms with Crippen molar-refractivity contribution in [2.75, 3.05) is 36.8 Å². The van der Waals surface area contributed by atoms with Crippen LogP contribution in [0.5, 0.6) is 0 Å². The van der Waals surface area contributed by atoms with E-state index in [4.69, 9.17) is 17.3 Å². The quantitative estimate of drug-likeness (QED) is 0.478. The number of nitrogens with two attached hydrogens (primary N) is 1. The number of carbonyl (C=O) groups excluding carboxylic acids is 1. The standard InChI is InChI=1S/C23H20ClF2N7O/c1-13(34)31-9-11-32(12-10-31)23-28-20(14-5-4-7-16(25)19(14)26)18-21(27)33(30-22(18)29-23)17-8-3-2-6-15(17)24/h2-8H,9-12,27H2,1H3. The highest BCUT2D eigenvalue weighted by Crippen LogP contribution is 2.36. The highest BCUT2D eigenvalue weighted by molar-refractivity contribution is 6.32. The Bertz CT molecular complexity index is 1420. The number of aromatic nitrogens is 4. The van der Waals surface area contributed by atoms with Crippen LogP contribution in [0.2, 0.25) is 5.02 Å². The zero-order valence-electron chi connectivity index (χ0n) is 18.2. The van der Waals surface area contributed by atoms with E-state index in [1.54, 1.807) is 29.2 Å². The van der Waals surface area contributed by atoms with Gasteiger partial charge < -0.3 is 15.5 Å². The lowest BCUT2D eigenvalue weighted by molar-refractivity contribution is -0.129. The Labute approximate surface area is 198 Å². The SMILES string of the molecule is CC(=O)N1CCN(c2nc(-c3cccc(F)c3F)c3c(N)n(-c4ccccc4Cl)nc3n2)CC1. The van der Waals surface area contributed by atoms with Crippen molar-refractivity contribution in [1.82, 2.24) is 24.6 Å². The molecule has 11 heteroatoms. The number of amides is 1. The lowest BCUT2D eigenvalue weighted by Crippen LogP contribution is -2.48. The van der Waals surface area contributed by atoms with Gasteiger partial charge >= 0.3 is 0 Å². The second-order valence-corrected chi connectivity index (χ2v) is 8.32. The van der Waals surface area contributed by atoms with Crippen LogP contribution in [-0.4, -0.2) is 56.7 Å². The van der Waals surface area contributed by atoms with Gasteiger partial charge in [-0.2, -0.15) is 4.98 Å². The molecule has 174 valence electrons. The molecular formula is C23H20ClF2N7O. The maximum absolute atomic E-state index is 14.9. The minimum absolute atomic E-state index is 0.00945. The first-order chi connectivity index (χ1) is 16.3. The normalized spacial score (nSPS) is 14.1. The van der Waals surface area contributed by atoms with Crippen LogP contribution in [0.1, 0.15) is 6.92 Å². The van der Waals surface area contributed by atoms with Crippen molar-refractivity contribution >= 4 is 40.3 Å². The van der Waals surface area contributed by atoms with Crippen LogP contribution < -0.4 is 10.6 Å².